The van der Waals surface area contributed by atoms with Gasteiger partial charge in [0, 0.05) is 17.5 Å². The molecule has 4 nitrogen and oxygen atoms in total. The Morgan fingerprint density at radius 1 is 1.31 bits per heavy atom. The first kappa shape index (κ1) is 18.6. The molecule has 0 aromatic heterocycles. The number of rotatable bonds is 3. The predicted molar refractivity (Wildman–Crippen MR) is 111 cm³/mol. The summed E-state index contributed by atoms with van der Waals surface area (Å²) in [5.41, 5.74) is 2.63. The number of ether oxygens (including phenoxy) is 1. The smallest absolute Gasteiger partial charge is 0.174 e. The SMILES string of the molecule is COc1cccc(C2SC(C)CCN2C(=S)Nc2cccc(C#N)c2)c1. The summed E-state index contributed by atoms with van der Waals surface area (Å²) in [4.78, 5) is 2.22. The summed E-state index contributed by atoms with van der Waals surface area (Å²) >= 11 is 7.60. The molecule has 1 aliphatic rings. The Morgan fingerprint density at radius 2 is 2.12 bits per heavy atom. The number of benzene rings is 2. The number of thioether (sulfide) groups is 1. The van der Waals surface area contributed by atoms with Crippen LogP contribution in [0.15, 0.2) is 48.5 Å². The Balaban J connectivity index is 1.83. The van der Waals surface area contributed by atoms with Crippen LogP contribution in [-0.2, 0) is 0 Å². The zero-order valence-electron chi connectivity index (χ0n) is 14.8. The molecule has 0 bridgehead atoms. The second kappa shape index (κ2) is 8.43. The number of hydrogen-bond acceptors (Lipinski definition) is 4. The zero-order valence-corrected chi connectivity index (χ0v) is 16.4. The van der Waals surface area contributed by atoms with Gasteiger partial charge in [-0.1, -0.05) is 25.1 Å². The first-order valence-corrected chi connectivity index (χ1v) is 9.83. The molecule has 2 aromatic carbocycles. The lowest BCUT2D eigenvalue weighted by molar-refractivity contribution is 0.378. The van der Waals surface area contributed by atoms with Crippen LogP contribution in [0.5, 0.6) is 5.75 Å². The fourth-order valence-electron chi connectivity index (χ4n) is 2.92. The molecule has 2 aromatic rings. The van der Waals surface area contributed by atoms with Crippen molar-refractivity contribution in [2.45, 2.75) is 24.0 Å². The van der Waals surface area contributed by atoms with Crippen molar-refractivity contribution in [3.8, 4) is 11.8 Å². The molecule has 26 heavy (non-hydrogen) atoms. The Hall–Kier alpha value is -2.23. The van der Waals surface area contributed by atoms with Crippen molar-refractivity contribution < 1.29 is 4.74 Å². The molecule has 2 unspecified atom stereocenters. The summed E-state index contributed by atoms with van der Waals surface area (Å²) in [5.74, 6) is 0.849. The van der Waals surface area contributed by atoms with E-state index in [1.807, 2.05) is 42.1 Å². The minimum Gasteiger partial charge on any atom is -0.497 e. The highest BCUT2D eigenvalue weighted by Gasteiger charge is 2.30. The van der Waals surface area contributed by atoms with Crippen LogP contribution < -0.4 is 10.1 Å². The molecule has 0 radical (unpaired) electrons. The zero-order chi connectivity index (χ0) is 18.5. The van der Waals surface area contributed by atoms with E-state index >= 15 is 0 Å². The number of thiocarbonyl (C=S) groups is 1. The van der Waals surface area contributed by atoms with Gasteiger partial charge >= 0.3 is 0 Å². The van der Waals surface area contributed by atoms with Crippen molar-refractivity contribution >= 4 is 34.8 Å². The summed E-state index contributed by atoms with van der Waals surface area (Å²) in [6.07, 6.45) is 1.07. The highest BCUT2D eigenvalue weighted by Crippen LogP contribution is 2.41. The summed E-state index contributed by atoms with van der Waals surface area (Å²) in [6.45, 7) is 3.14. The molecule has 1 N–H and O–H groups in total. The van der Waals surface area contributed by atoms with E-state index in [9.17, 15) is 0 Å². The Bertz CT molecular complexity index is 834. The van der Waals surface area contributed by atoms with Crippen molar-refractivity contribution in [1.29, 1.82) is 5.26 Å². The van der Waals surface area contributed by atoms with Crippen LogP contribution in [0.3, 0.4) is 0 Å². The Labute approximate surface area is 164 Å². The van der Waals surface area contributed by atoms with Crippen molar-refractivity contribution in [3.63, 3.8) is 0 Å². The topological polar surface area (TPSA) is 48.3 Å². The fraction of sp³-hybridized carbons (Fsp3) is 0.300. The molecule has 1 heterocycles. The van der Waals surface area contributed by atoms with E-state index in [-0.39, 0.29) is 5.37 Å². The molecule has 1 saturated heterocycles. The summed E-state index contributed by atoms with van der Waals surface area (Å²) in [7, 11) is 1.68. The first-order chi connectivity index (χ1) is 12.6. The largest absolute Gasteiger partial charge is 0.497 e. The van der Waals surface area contributed by atoms with E-state index < -0.39 is 0 Å². The monoisotopic (exact) mass is 383 g/mol. The van der Waals surface area contributed by atoms with Gasteiger partial charge in [0.2, 0.25) is 0 Å². The predicted octanol–water partition coefficient (Wildman–Crippen LogP) is 4.79. The molecule has 134 valence electrons. The molecule has 0 aliphatic carbocycles. The van der Waals surface area contributed by atoms with Crippen molar-refractivity contribution in [2.24, 2.45) is 0 Å². The number of nitrogens with zero attached hydrogens (tertiary/aromatic N) is 2. The van der Waals surface area contributed by atoms with Gasteiger partial charge in [-0.25, -0.2) is 0 Å². The van der Waals surface area contributed by atoms with Gasteiger partial charge in [0.25, 0.3) is 0 Å². The van der Waals surface area contributed by atoms with Gasteiger partial charge in [0.05, 0.1) is 18.7 Å². The molecule has 2 atom stereocenters. The minimum absolute atomic E-state index is 0.132. The summed E-state index contributed by atoms with van der Waals surface area (Å²) < 4.78 is 5.38. The van der Waals surface area contributed by atoms with Gasteiger partial charge in [-0.05, 0) is 54.5 Å². The van der Waals surface area contributed by atoms with Crippen LogP contribution >= 0.6 is 24.0 Å². The average Bonchev–Trinajstić information content (AvgIpc) is 2.68. The highest BCUT2D eigenvalue weighted by molar-refractivity contribution is 8.00. The standard InChI is InChI=1S/C20H21N3OS2/c1-14-9-10-23(19(26-14)16-6-4-8-18(12-16)24-2)20(25)22-17-7-3-5-15(11-17)13-21/h3-8,11-12,14,19H,9-10H2,1-2H3,(H,22,25). The third kappa shape index (κ3) is 4.29. The second-order valence-corrected chi connectivity index (χ2v) is 8.09. The van der Waals surface area contributed by atoms with Gasteiger partial charge in [0.15, 0.2) is 5.11 Å². The Kier molecular flexibility index (Phi) is 6.02. The lowest BCUT2D eigenvalue weighted by Crippen LogP contribution is -2.41. The van der Waals surface area contributed by atoms with Gasteiger partial charge in [-0.15, -0.1) is 11.8 Å². The number of hydrogen-bond donors (Lipinski definition) is 1. The van der Waals surface area contributed by atoms with E-state index in [0.717, 1.165) is 24.4 Å². The number of methoxy groups -OCH3 is 1. The third-order valence-corrected chi connectivity index (χ3v) is 6.12. The van der Waals surface area contributed by atoms with Crippen LogP contribution in [0.4, 0.5) is 5.69 Å². The van der Waals surface area contributed by atoms with E-state index in [1.54, 1.807) is 13.2 Å². The first-order valence-electron chi connectivity index (χ1n) is 8.48. The maximum Gasteiger partial charge on any atom is 0.174 e. The molecular weight excluding hydrogens is 362 g/mol. The number of nitrogens with one attached hydrogen (secondary N) is 1. The molecule has 0 spiro atoms. The molecule has 1 aliphatic heterocycles. The van der Waals surface area contributed by atoms with Crippen LogP contribution in [-0.4, -0.2) is 28.9 Å². The molecule has 6 heteroatoms. The normalized spacial score (nSPS) is 19.5. The summed E-state index contributed by atoms with van der Waals surface area (Å²) in [5, 5.41) is 13.7. The summed E-state index contributed by atoms with van der Waals surface area (Å²) in [6, 6.07) is 17.7. The fourth-order valence-corrected chi connectivity index (χ4v) is 4.65. The molecule has 0 amide bonds. The van der Waals surface area contributed by atoms with Gasteiger partial charge in [0.1, 0.15) is 11.1 Å². The van der Waals surface area contributed by atoms with Gasteiger partial charge in [-0.3, -0.25) is 0 Å². The molecular formula is C20H21N3OS2. The number of anilines is 1. The van der Waals surface area contributed by atoms with Crippen LogP contribution in [0.25, 0.3) is 0 Å². The minimum atomic E-state index is 0.132. The molecule has 0 saturated carbocycles. The van der Waals surface area contributed by atoms with Crippen LogP contribution in [0, 0.1) is 11.3 Å². The van der Waals surface area contributed by atoms with Gasteiger partial charge < -0.3 is 15.0 Å². The van der Waals surface area contributed by atoms with E-state index in [0.29, 0.717) is 15.9 Å². The average molecular weight is 384 g/mol. The maximum atomic E-state index is 9.08. The van der Waals surface area contributed by atoms with Crippen molar-refractivity contribution in [1.82, 2.24) is 4.90 Å². The third-order valence-electron chi connectivity index (χ3n) is 4.30. The van der Waals surface area contributed by atoms with Crippen LogP contribution in [0.1, 0.15) is 29.8 Å². The van der Waals surface area contributed by atoms with Crippen LogP contribution in [0.2, 0.25) is 0 Å². The van der Waals surface area contributed by atoms with Crippen molar-refractivity contribution in [2.75, 3.05) is 19.0 Å². The number of nitriles is 1. The quantitative estimate of drug-likeness (QED) is 0.769. The molecule has 3 rings (SSSR count). The van der Waals surface area contributed by atoms with Crippen molar-refractivity contribution in [3.05, 3.63) is 59.7 Å². The highest BCUT2D eigenvalue weighted by atomic mass is 32.2. The second-order valence-electron chi connectivity index (χ2n) is 6.18. The van der Waals surface area contributed by atoms with E-state index in [1.165, 1.54) is 5.56 Å². The van der Waals surface area contributed by atoms with Gasteiger partial charge in [-0.2, -0.15) is 5.26 Å². The van der Waals surface area contributed by atoms with E-state index in [2.05, 4.69) is 35.3 Å². The Morgan fingerprint density at radius 3 is 2.88 bits per heavy atom. The van der Waals surface area contributed by atoms with E-state index in [4.69, 9.17) is 22.2 Å². The molecule has 1 fully saturated rings. The lowest BCUT2D eigenvalue weighted by Gasteiger charge is -2.40. The maximum absolute atomic E-state index is 9.08. The lowest BCUT2D eigenvalue weighted by atomic mass is 10.1.